The van der Waals surface area contributed by atoms with Crippen molar-refractivity contribution in [3.63, 3.8) is 0 Å². The van der Waals surface area contributed by atoms with E-state index in [4.69, 9.17) is 32.9 Å². The number of anilines is 2. The predicted molar refractivity (Wildman–Crippen MR) is 193 cm³/mol. The van der Waals surface area contributed by atoms with E-state index < -0.39 is 0 Å². The normalized spacial score (nSPS) is 11.4. The van der Waals surface area contributed by atoms with Crippen molar-refractivity contribution in [3.05, 3.63) is 71.0 Å². The fourth-order valence-electron chi connectivity index (χ4n) is 6.11. The molecule has 0 saturated carbocycles. The molecule has 0 radical (unpaired) electrons. The van der Waals surface area contributed by atoms with E-state index in [-0.39, 0.29) is 0 Å². The summed E-state index contributed by atoms with van der Waals surface area (Å²) in [6.45, 7) is 6.95. The molecule has 0 aliphatic carbocycles. The van der Waals surface area contributed by atoms with Crippen molar-refractivity contribution in [2.24, 2.45) is 0 Å². The zero-order valence-electron chi connectivity index (χ0n) is 28.0. The summed E-state index contributed by atoms with van der Waals surface area (Å²) in [7, 11) is 3.33. The maximum atomic E-state index is 6.30. The summed E-state index contributed by atoms with van der Waals surface area (Å²) in [5.74, 6) is 0. The lowest BCUT2D eigenvalue weighted by molar-refractivity contribution is -0.865. The number of fused-ring (bicyclic) bond motifs is 2. The molecular weight excluding hydrogens is 617 g/mol. The van der Waals surface area contributed by atoms with E-state index in [1.165, 1.54) is 70.6 Å². The van der Waals surface area contributed by atoms with Gasteiger partial charge in [-0.25, -0.2) is 0 Å². The highest BCUT2D eigenvalue weighted by Gasteiger charge is 2.16. The van der Waals surface area contributed by atoms with Gasteiger partial charge < -0.3 is 10.6 Å². The molecule has 4 aromatic rings. The molecule has 7 nitrogen and oxygen atoms in total. The highest BCUT2D eigenvalue weighted by molar-refractivity contribution is 6.31. The second kappa shape index (κ2) is 19.6. The maximum absolute atomic E-state index is 6.30. The molecular formula is C37H53Cl2N5O2+2. The molecule has 0 saturated heterocycles. The third-order valence-corrected chi connectivity index (χ3v) is 9.16. The number of unbranched alkanes of at least 4 members (excludes halogenated alkanes) is 10. The lowest BCUT2D eigenvalue weighted by Gasteiger charge is -2.23. The topological polar surface area (TPSA) is 53.5 Å². The second-order valence-electron chi connectivity index (χ2n) is 12.0. The summed E-state index contributed by atoms with van der Waals surface area (Å²) in [5, 5.41) is 10.9. The van der Waals surface area contributed by atoms with Gasteiger partial charge >= 0.3 is 0 Å². The SMILES string of the molecule is CCCCCCCCCCCCCN(CCNc1cc[n+](OC)c2cc(Cl)ccc12)CCNc1cc[n+](OC)c2cc(Cl)ccc12. The van der Waals surface area contributed by atoms with Crippen molar-refractivity contribution in [2.75, 3.05) is 57.6 Å². The van der Waals surface area contributed by atoms with Crippen LogP contribution in [0.5, 0.6) is 0 Å². The van der Waals surface area contributed by atoms with Gasteiger partial charge in [0.2, 0.25) is 12.4 Å². The largest absolute Gasteiger partial charge is 0.383 e. The van der Waals surface area contributed by atoms with Crippen LogP contribution in [0.4, 0.5) is 11.4 Å². The van der Waals surface area contributed by atoms with Gasteiger partial charge in [-0.15, -0.1) is 0 Å². The van der Waals surface area contributed by atoms with Gasteiger partial charge in [-0.3, -0.25) is 14.6 Å². The maximum Gasteiger partial charge on any atom is 0.268 e. The molecule has 2 heterocycles. The monoisotopic (exact) mass is 669 g/mol. The molecule has 9 heteroatoms. The summed E-state index contributed by atoms with van der Waals surface area (Å²) in [6.07, 6.45) is 18.7. The van der Waals surface area contributed by atoms with Crippen molar-refractivity contribution < 1.29 is 19.1 Å². The smallest absolute Gasteiger partial charge is 0.268 e. The Bertz CT molecular complexity index is 1400. The van der Waals surface area contributed by atoms with Gasteiger partial charge in [-0.1, -0.05) is 94.3 Å². The molecule has 0 amide bonds. The summed E-state index contributed by atoms with van der Waals surface area (Å²) in [4.78, 5) is 13.6. The average Bonchev–Trinajstić information content (AvgIpc) is 3.06. The van der Waals surface area contributed by atoms with Gasteiger partial charge in [-0.05, 0) is 37.2 Å². The Balaban J connectivity index is 1.32. The van der Waals surface area contributed by atoms with Crippen molar-refractivity contribution in [1.82, 2.24) is 4.90 Å². The quantitative estimate of drug-likeness (QED) is 0.0654. The Morgan fingerprint density at radius 2 is 1.02 bits per heavy atom. The number of nitrogens with one attached hydrogen (secondary N) is 2. The van der Waals surface area contributed by atoms with Gasteiger partial charge in [0.15, 0.2) is 0 Å². The fraction of sp³-hybridized carbons (Fsp3) is 0.514. The number of pyridine rings is 2. The number of rotatable bonds is 22. The van der Waals surface area contributed by atoms with Crippen LogP contribution in [0.15, 0.2) is 60.9 Å². The lowest BCUT2D eigenvalue weighted by atomic mass is 10.1. The van der Waals surface area contributed by atoms with E-state index in [0.29, 0.717) is 10.0 Å². The first-order chi connectivity index (χ1) is 22.5. The first-order valence-corrected chi connectivity index (χ1v) is 17.9. The van der Waals surface area contributed by atoms with E-state index >= 15 is 0 Å². The van der Waals surface area contributed by atoms with Crippen molar-refractivity contribution in [3.8, 4) is 0 Å². The van der Waals surface area contributed by atoms with Gasteiger partial charge in [-0.2, -0.15) is 0 Å². The molecule has 4 rings (SSSR count). The molecule has 0 fully saturated rings. The minimum absolute atomic E-state index is 0.687. The zero-order chi connectivity index (χ0) is 32.6. The van der Waals surface area contributed by atoms with Crippen LogP contribution in [0.25, 0.3) is 21.8 Å². The first kappa shape index (κ1) is 35.8. The number of nitrogens with zero attached hydrogens (tertiary/aromatic N) is 3. The molecule has 2 aromatic carbocycles. The van der Waals surface area contributed by atoms with E-state index in [0.717, 1.165) is 65.9 Å². The number of benzene rings is 2. The van der Waals surface area contributed by atoms with Crippen molar-refractivity contribution >= 4 is 56.4 Å². The second-order valence-corrected chi connectivity index (χ2v) is 12.9. The van der Waals surface area contributed by atoms with Gasteiger partial charge in [0.05, 0.1) is 22.1 Å². The molecule has 250 valence electrons. The Morgan fingerprint density at radius 1 is 0.587 bits per heavy atom. The molecule has 0 aliphatic rings. The van der Waals surface area contributed by atoms with Crippen LogP contribution in [-0.4, -0.2) is 51.8 Å². The van der Waals surface area contributed by atoms with E-state index in [9.17, 15) is 0 Å². The van der Waals surface area contributed by atoms with Crippen LogP contribution < -0.4 is 29.8 Å². The van der Waals surface area contributed by atoms with Crippen LogP contribution in [0.3, 0.4) is 0 Å². The van der Waals surface area contributed by atoms with Gasteiger partial charge in [0, 0.05) is 70.0 Å². The molecule has 0 atom stereocenters. The highest BCUT2D eigenvalue weighted by Crippen LogP contribution is 2.25. The van der Waals surface area contributed by atoms with Crippen molar-refractivity contribution in [1.29, 1.82) is 0 Å². The minimum Gasteiger partial charge on any atom is -0.383 e. The Morgan fingerprint density at radius 3 is 1.46 bits per heavy atom. The van der Waals surface area contributed by atoms with Crippen LogP contribution in [0.1, 0.15) is 77.6 Å². The standard InChI is InChI=1S/C37H51Cl2N5O2/c1-4-5-6-7-8-9-10-11-12-13-14-23-42(26-21-40-34-19-24-43(45-2)36-28-30(38)15-17-32(34)36)27-22-41-35-20-25-44(46-3)37-29-31(39)16-18-33(35)37/h15-20,24-25,28-29H,4-14,21-23,26-27H2,1-3H3/p+2. The van der Waals surface area contributed by atoms with E-state index in [2.05, 4.69) is 34.6 Å². The van der Waals surface area contributed by atoms with Crippen LogP contribution in [0.2, 0.25) is 10.0 Å². The summed E-state index contributed by atoms with van der Waals surface area (Å²) >= 11 is 12.6. The molecule has 0 unspecified atom stereocenters. The Kier molecular flexibility index (Phi) is 15.3. The molecule has 0 bridgehead atoms. The zero-order valence-corrected chi connectivity index (χ0v) is 29.5. The third kappa shape index (κ3) is 10.8. The predicted octanol–water partition coefficient (Wildman–Crippen LogP) is 8.13. The summed E-state index contributed by atoms with van der Waals surface area (Å²) in [6, 6.07) is 15.9. The summed E-state index contributed by atoms with van der Waals surface area (Å²) < 4.78 is 3.48. The number of aromatic nitrogens is 2. The van der Waals surface area contributed by atoms with E-state index in [1.54, 1.807) is 23.7 Å². The average molecular weight is 671 g/mol. The third-order valence-electron chi connectivity index (χ3n) is 8.69. The van der Waals surface area contributed by atoms with Gasteiger partial charge in [0.25, 0.3) is 11.0 Å². The van der Waals surface area contributed by atoms with Gasteiger partial charge in [0.1, 0.15) is 14.2 Å². The van der Waals surface area contributed by atoms with Crippen molar-refractivity contribution in [2.45, 2.75) is 77.6 Å². The number of halogens is 2. The Hall–Kier alpha value is -3.00. The molecule has 0 aliphatic heterocycles. The lowest BCUT2D eigenvalue weighted by Crippen LogP contribution is -2.41. The number of hydrogen-bond donors (Lipinski definition) is 2. The van der Waals surface area contributed by atoms with Crippen LogP contribution in [-0.2, 0) is 0 Å². The molecule has 2 N–H and O–H groups in total. The molecule has 46 heavy (non-hydrogen) atoms. The van der Waals surface area contributed by atoms with Crippen LogP contribution in [0, 0.1) is 0 Å². The number of hydrogen-bond acceptors (Lipinski definition) is 5. The highest BCUT2D eigenvalue weighted by atomic mass is 35.5. The van der Waals surface area contributed by atoms with E-state index in [1.807, 2.05) is 48.8 Å². The Labute approximate surface area is 285 Å². The summed E-state index contributed by atoms with van der Waals surface area (Å²) in [5.41, 5.74) is 4.03. The van der Waals surface area contributed by atoms with Crippen LogP contribution >= 0.6 is 23.2 Å². The first-order valence-electron chi connectivity index (χ1n) is 17.1. The fourth-order valence-corrected chi connectivity index (χ4v) is 6.45. The molecule has 0 spiro atoms. The minimum atomic E-state index is 0.687. The molecule has 2 aromatic heterocycles.